The van der Waals surface area contributed by atoms with Gasteiger partial charge in [-0.15, -0.1) is 0 Å². The zero-order chi connectivity index (χ0) is 11.7. The fourth-order valence-electron chi connectivity index (χ4n) is 3.53. The molecule has 1 spiro atoms. The molecule has 98 valence electrons. The summed E-state index contributed by atoms with van der Waals surface area (Å²) < 4.78 is 11.5. The van der Waals surface area contributed by atoms with E-state index >= 15 is 0 Å². The summed E-state index contributed by atoms with van der Waals surface area (Å²) in [7, 11) is 0. The predicted molar refractivity (Wildman–Crippen MR) is 68.3 cm³/mol. The Morgan fingerprint density at radius 2 is 1.94 bits per heavy atom. The molecule has 3 nitrogen and oxygen atoms in total. The summed E-state index contributed by atoms with van der Waals surface area (Å²) in [4.78, 5) is 0. The molecule has 17 heavy (non-hydrogen) atoms. The third-order valence-corrected chi connectivity index (χ3v) is 5.83. The molecule has 0 amide bonds. The van der Waals surface area contributed by atoms with Gasteiger partial charge in [-0.1, -0.05) is 0 Å². The van der Waals surface area contributed by atoms with Crippen molar-refractivity contribution < 1.29 is 14.6 Å². The first-order chi connectivity index (χ1) is 8.29. The van der Waals surface area contributed by atoms with Crippen LogP contribution in [0.15, 0.2) is 0 Å². The quantitative estimate of drug-likeness (QED) is 0.777. The van der Waals surface area contributed by atoms with E-state index in [2.05, 4.69) is 0 Å². The first-order valence-electron chi connectivity index (χ1n) is 6.77. The molecule has 0 bridgehead atoms. The Morgan fingerprint density at radius 1 is 1.12 bits per heavy atom. The second-order valence-electron chi connectivity index (χ2n) is 5.67. The van der Waals surface area contributed by atoms with Crippen LogP contribution < -0.4 is 0 Å². The Labute approximate surface area is 107 Å². The van der Waals surface area contributed by atoms with Gasteiger partial charge in [-0.05, 0) is 43.3 Å². The van der Waals surface area contributed by atoms with Gasteiger partial charge in [0.15, 0.2) is 0 Å². The largest absolute Gasteiger partial charge is 0.392 e. The molecule has 3 saturated heterocycles. The van der Waals surface area contributed by atoms with Gasteiger partial charge in [-0.3, -0.25) is 0 Å². The minimum absolute atomic E-state index is 0.0775. The van der Waals surface area contributed by atoms with Gasteiger partial charge >= 0.3 is 0 Å². The second kappa shape index (κ2) is 5.08. The number of ether oxygens (including phenoxy) is 2. The van der Waals surface area contributed by atoms with E-state index in [-0.39, 0.29) is 11.7 Å². The van der Waals surface area contributed by atoms with E-state index in [0.29, 0.717) is 11.8 Å². The number of hydrogen-bond donors (Lipinski definition) is 1. The van der Waals surface area contributed by atoms with Gasteiger partial charge in [0.05, 0.1) is 11.7 Å². The lowest BCUT2D eigenvalue weighted by molar-refractivity contribution is -0.155. The molecule has 0 aliphatic carbocycles. The normalized spacial score (nSPS) is 41.8. The predicted octanol–water partition coefficient (Wildman–Crippen LogP) is 1.69. The van der Waals surface area contributed by atoms with Gasteiger partial charge < -0.3 is 14.6 Å². The van der Waals surface area contributed by atoms with Crippen molar-refractivity contribution >= 4 is 11.8 Å². The van der Waals surface area contributed by atoms with Crippen LogP contribution in [0.4, 0.5) is 0 Å². The van der Waals surface area contributed by atoms with Crippen LogP contribution in [0.25, 0.3) is 0 Å². The van der Waals surface area contributed by atoms with Crippen molar-refractivity contribution in [2.45, 2.75) is 37.4 Å². The van der Waals surface area contributed by atoms with Crippen LogP contribution in [0.2, 0.25) is 0 Å². The van der Waals surface area contributed by atoms with E-state index < -0.39 is 0 Å². The van der Waals surface area contributed by atoms with Gasteiger partial charge in [0, 0.05) is 25.6 Å². The summed E-state index contributed by atoms with van der Waals surface area (Å²) in [5.74, 6) is 3.23. The van der Waals surface area contributed by atoms with Crippen LogP contribution in [0, 0.1) is 11.8 Å². The average molecular weight is 258 g/mol. The second-order valence-corrected chi connectivity index (χ2v) is 6.74. The van der Waals surface area contributed by atoms with Crippen LogP contribution in [0.1, 0.15) is 25.7 Å². The smallest absolute Gasteiger partial charge is 0.0729 e. The molecule has 3 heterocycles. The minimum atomic E-state index is -0.0833. The molecule has 0 radical (unpaired) electrons. The maximum atomic E-state index is 10.0. The highest BCUT2D eigenvalue weighted by molar-refractivity contribution is 7.99. The van der Waals surface area contributed by atoms with E-state index in [9.17, 15) is 5.11 Å². The number of aliphatic hydroxyl groups excluding tert-OH is 1. The Kier molecular flexibility index (Phi) is 3.67. The third-order valence-electron chi connectivity index (χ3n) is 4.63. The number of aliphatic hydroxyl groups is 1. The van der Waals surface area contributed by atoms with E-state index in [1.807, 2.05) is 11.8 Å². The van der Waals surface area contributed by atoms with E-state index in [0.717, 1.165) is 57.0 Å². The van der Waals surface area contributed by atoms with Crippen molar-refractivity contribution in [3.05, 3.63) is 0 Å². The Morgan fingerprint density at radius 3 is 2.65 bits per heavy atom. The number of rotatable bonds is 1. The van der Waals surface area contributed by atoms with Crippen LogP contribution >= 0.6 is 11.8 Å². The van der Waals surface area contributed by atoms with Crippen LogP contribution in [0.5, 0.6) is 0 Å². The first kappa shape index (κ1) is 12.3. The van der Waals surface area contributed by atoms with Crippen LogP contribution in [-0.2, 0) is 9.47 Å². The lowest BCUT2D eigenvalue weighted by Gasteiger charge is -2.45. The highest BCUT2D eigenvalue weighted by Gasteiger charge is 2.43. The molecule has 0 aromatic carbocycles. The topological polar surface area (TPSA) is 38.7 Å². The van der Waals surface area contributed by atoms with Crippen LogP contribution in [0.3, 0.4) is 0 Å². The summed E-state index contributed by atoms with van der Waals surface area (Å²) in [5, 5.41) is 10.0. The molecule has 3 aliphatic rings. The molecule has 1 N–H and O–H groups in total. The molecule has 3 aliphatic heterocycles. The van der Waals surface area contributed by atoms with Crippen molar-refractivity contribution in [3.8, 4) is 0 Å². The molecule has 3 unspecified atom stereocenters. The molecule has 3 atom stereocenters. The Bertz CT molecular complexity index is 260. The molecular weight excluding hydrogens is 236 g/mol. The fraction of sp³-hybridized carbons (Fsp3) is 1.00. The summed E-state index contributed by atoms with van der Waals surface area (Å²) in [6.07, 6.45) is 4.27. The SMILES string of the molecule is OC1CSCC1C1CCOC2(CCOCC2)C1. The lowest BCUT2D eigenvalue weighted by Crippen LogP contribution is -2.46. The van der Waals surface area contributed by atoms with Gasteiger partial charge in [-0.2, -0.15) is 11.8 Å². The zero-order valence-electron chi connectivity index (χ0n) is 10.3. The molecule has 3 fully saturated rings. The molecule has 3 rings (SSSR count). The van der Waals surface area contributed by atoms with E-state index in [1.54, 1.807) is 0 Å². The summed E-state index contributed by atoms with van der Waals surface area (Å²) in [6, 6.07) is 0. The van der Waals surface area contributed by atoms with Crippen molar-refractivity contribution in [2.75, 3.05) is 31.3 Å². The maximum Gasteiger partial charge on any atom is 0.0729 e. The van der Waals surface area contributed by atoms with Crippen LogP contribution in [-0.4, -0.2) is 48.1 Å². The average Bonchev–Trinajstić information content (AvgIpc) is 2.77. The van der Waals surface area contributed by atoms with E-state index in [1.165, 1.54) is 0 Å². The summed E-state index contributed by atoms with van der Waals surface area (Å²) in [6.45, 7) is 2.56. The minimum Gasteiger partial charge on any atom is -0.392 e. The fourth-order valence-corrected chi connectivity index (χ4v) is 4.92. The zero-order valence-corrected chi connectivity index (χ0v) is 11.1. The summed E-state index contributed by atoms with van der Waals surface area (Å²) in [5.41, 5.74) is 0.0775. The van der Waals surface area contributed by atoms with Crippen molar-refractivity contribution in [1.82, 2.24) is 0 Å². The van der Waals surface area contributed by atoms with Gasteiger partial charge in [-0.25, -0.2) is 0 Å². The van der Waals surface area contributed by atoms with Crippen molar-refractivity contribution in [1.29, 1.82) is 0 Å². The molecule has 0 aromatic heterocycles. The highest BCUT2D eigenvalue weighted by atomic mass is 32.2. The monoisotopic (exact) mass is 258 g/mol. The third kappa shape index (κ3) is 2.50. The molecule has 0 aromatic rings. The molecular formula is C13H22O3S. The standard InChI is InChI=1S/C13H22O3S/c14-12-9-17-8-11(12)10-1-4-16-13(7-10)2-5-15-6-3-13/h10-12,14H,1-9H2. The Hall–Kier alpha value is 0.230. The maximum absolute atomic E-state index is 10.0. The number of thioether (sulfide) groups is 1. The van der Waals surface area contributed by atoms with Crippen molar-refractivity contribution in [3.63, 3.8) is 0 Å². The van der Waals surface area contributed by atoms with Crippen molar-refractivity contribution in [2.24, 2.45) is 11.8 Å². The van der Waals surface area contributed by atoms with E-state index in [4.69, 9.17) is 9.47 Å². The Balaban J connectivity index is 1.66. The molecule has 4 heteroatoms. The lowest BCUT2D eigenvalue weighted by atomic mass is 9.74. The first-order valence-corrected chi connectivity index (χ1v) is 7.92. The molecule has 0 saturated carbocycles. The summed E-state index contributed by atoms with van der Waals surface area (Å²) >= 11 is 1.90. The number of hydrogen-bond acceptors (Lipinski definition) is 4. The van der Waals surface area contributed by atoms with Gasteiger partial charge in [0.2, 0.25) is 0 Å². The van der Waals surface area contributed by atoms with Gasteiger partial charge in [0.25, 0.3) is 0 Å². The highest BCUT2D eigenvalue weighted by Crippen LogP contribution is 2.43. The van der Waals surface area contributed by atoms with Gasteiger partial charge in [0.1, 0.15) is 0 Å².